The standard InChI is InChI=1S/C32H31FN4O5S/c1-34-31(38)29-26-16-25(21-7-6-14-37(18-21)32(39)22-15-24-8-4-5-13-36(24)19-22)27(35(2)43(3,40)41)17-28(26)42-30(29)20-9-11-23(33)12-10-20/h4-5,8-13,15-17,19,21H,6-7,14,18H2,1-3H3,(H,34,38)/t21-/m0/s1. The van der Waals surface area contributed by atoms with Crippen molar-refractivity contribution in [2.45, 2.75) is 18.8 Å². The second kappa shape index (κ2) is 10.9. The van der Waals surface area contributed by atoms with E-state index in [0.29, 0.717) is 46.4 Å². The lowest BCUT2D eigenvalue weighted by Gasteiger charge is -2.34. The van der Waals surface area contributed by atoms with E-state index < -0.39 is 21.7 Å². The third-order valence-corrected chi connectivity index (χ3v) is 9.33. The molecule has 0 spiro atoms. The van der Waals surface area contributed by atoms with Gasteiger partial charge in [-0.25, -0.2) is 12.8 Å². The summed E-state index contributed by atoms with van der Waals surface area (Å²) in [5.41, 5.74) is 3.69. The van der Waals surface area contributed by atoms with Crippen LogP contribution in [-0.4, -0.2) is 63.0 Å². The molecule has 4 heterocycles. The SMILES string of the molecule is CNC(=O)c1c(-c2ccc(F)cc2)oc2cc(N(C)S(C)(=O)=O)c([C@H]3CCCN(C(=O)c4cc5ccccn5c4)C3)cc12. The van der Waals surface area contributed by atoms with E-state index in [2.05, 4.69) is 5.32 Å². The van der Waals surface area contributed by atoms with E-state index in [-0.39, 0.29) is 23.1 Å². The van der Waals surface area contributed by atoms with Crippen LogP contribution < -0.4 is 9.62 Å². The van der Waals surface area contributed by atoms with Gasteiger partial charge in [-0.05, 0) is 66.9 Å². The minimum absolute atomic E-state index is 0.0968. The Kier molecular flexibility index (Phi) is 7.21. The predicted octanol–water partition coefficient (Wildman–Crippen LogP) is 5.27. The molecule has 11 heteroatoms. The molecular weight excluding hydrogens is 571 g/mol. The van der Waals surface area contributed by atoms with Crippen LogP contribution in [0.4, 0.5) is 10.1 Å². The lowest BCUT2D eigenvalue weighted by molar-refractivity contribution is 0.0707. The number of nitrogens with one attached hydrogen (secondary N) is 1. The summed E-state index contributed by atoms with van der Waals surface area (Å²) in [6.07, 6.45) is 6.27. The van der Waals surface area contributed by atoms with E-state index in [4.69, 9.17) is 4.42 Å². The van der Waals surface area contributed by atoms with E-state index in [1.165, 1.54) is 42.7 Å². The van der Waals surface area contributed by atoms with Gasteiger partial charge in [-0.1, -0.05) is 6.07 Å². The topological polar surface area (TPSA) is 104 Å². The largest absolute Gasteiger partial charge is 0.455 e. The smallest absolute Gasteiger partial charge is 0.255 e. The third kappa shape index (κ3) is 5.25. The van der Waals surface area contributed by atoms with Crippen molar-refractivity contribution in [2.75, 3.05) is 37.7 Å². The van der Waals surface area contributed by atoms with Crippen LogP contribution in [0.5, 0.6) is 0 Å². The zero-order chi connectivity index (χ0) is 30.5. The Hall–Kier alpha value is -4.64. The van der Waals surface area contributed by atoms with Crippen LogP contribution in [0.25, 0.3) is 27.8 Å². The maximum Gasteiger partial charge on any atom is 0.255 e. The second-order valence-electron chi connectivity index (χ2n) is 10.9. The maximum atomic E-state index is 13.7. The monoisotopic (exact) mass is 602 g/mol. The molecule has 0 saturated carbocycles. The van der Waals surface area contributed by atoms with Gasteiger partial charge in [-0.2, -0.15) is 0 Å². The molecule has 1 fully saturated rings. The number of furan rings is 1. The van der Waals surface area contributed by atoms with Gasteiger partial charge in [0, 0.05) is 68.0 Å². The average molecular weight is 603 g/mol. The molecule has 6 rings (SSSR count). The highest BCUT2D eigenvalue weighted by molar-refractivity contribution is 7.92. The average Bonchev–Trinajstić information content (AvgIpc) is 3.61. The van der Waals surface area contributed by atoms with Crippen LogP contribution in [0.3, 0.4) is 0 Å². The van der Waals surface area contributed by atoms with Gasteiger partial charge in [0.25, 0.3) is 11.8 Å². The van der Waals surface area contributed by atoms with Crippen LogP contribution >= 0.6 is 0 Å². The molecule has 9 nitrogen and oxygen atoms in total. The maximum absolute atomic E-state index is 13.7. The van der Waals surface area contributed by atoms with Gasteiger partial charge in [0.1, 0.15) is 17.2 Å². The molecule has 2 amide bonds. The summed E-state index contributed by atoms with van der Waals surface area (Å²) in [7, 11) is -0.681. The van der Waals surface area contributed by atoms with E-state index in [0.717, 1.165) is 24.6 Å². The number of hydrogen-bond acceptors (Lipinski definition) is 5. The van der Waals surface area contributed by atoms with E-state index in [9.17, 15) is 22.4 Å². The van der Waals surface area contributed by atoms with Gasteiger partial charge in [-0.3, -0.25) is 13.9 Å². The number of carbonyl (C=O) groups excluding carboxylic acids is 2. The Morgan fingerprint density at radius 3 is 2.56 bits per heavy atom. The summed E-state index contributed by atoms with van der Waals surface area (Å²) in [6.45, 7) is 0.948. The number of rotatable bonds is 6. The van der Waals surface area contributed by atoms with Crippen LogP contribution in [0.15, 0.2) is 77.5 Å². The first-order valence-corrected chi connectivity index (χ1v) is 15.8. The zero-order valence-electron chi connectivity index (χ0n) is 24.0. The number of sulfonamides is 1. The molecule has 222 valence electrons. The van der Waals surface area contributed by atoms with Crippen molar-refractivity contribution < 1.29 is 26.8 Å². The summed E-state index contributed by atoms with van der Waals surface area (Å²) in [5, 5.41) is 3.16. The molecule has 0 bridgehead atoms. The predicted molar refractivity (Wildman–Crippen MR) is 164 cm³/mol. The molecule has 2 aromatic carbocycles. The number of anilines is 1. The van der Waals surface area contributed by atoms with E-state index in [1.807, 2.05) is 41.1 Å². The quantitative estimate of drug-likeness (QED) is 0.285. The molecule has 0 radical (unpaired) electrons. The Morgan fingerprint density at radius 2 is 1.86 bits per heavy atom. The molecule has 1 aliphatic heterocycles. The molecule has 0 aliphatic carbocycles. The van der Waals surface area contributed by atoms with Crippen molar-refractivity contribution in [3.05, 3.63) is 95.6 Å². The van der Waals surface area contributed by atoms with Crippen LogP contribution in [0.1, 0.15) is 45.0 Å². The fraction of sp³-hybridized carbons (Fsp3) is 0.250. The number of likely N-dealkylation sites (tertiary alicyclic amines) is 1. The summed E-state index contributed by atoms with van der Waals surface area (Å²) in [6, 6.07) is 16.7. The minimum Gasteiger partial charge on any atom is -0.455 e. The fourth-order valence-electron chi connectivity index (χ4n) is 5.85. The number of carbonyl (C=O) groups is 2. The van der Waals surface area contributed by atoms with Crippen molar-refractivity contribution in [1.29, 1.82) is 0 Å². The summed E-state index contributed by atoms with van der Waals surface area (Å²) >= 11 is 0. The molecule has 43 heavy (non-hydrogen) atoms. The first kappa shape index (κ1) is 28.5. The van der Waals surface area contributed by atoms with E-state index in [1.54, 1.807) is 17.0 Å². The van der Waals surface area contributed by atoms with Crippen LogP contribution in [0, 0.1) is 5.82 Å². The second-order valence-corrected chi connectivity index (χ2v) is 12.9. The molecular formula is C32H31FN4O5S. The first-order valence-electron chi connectivity index (χ1n) is 13.9. The van der Waals surface area contributed by atoms with Crippen molar-refractivity contribution in [1.82, 2.24) is 14.6 Å². The Labute approximate surface area is 248 Å². The number of hydrogen-bond donors (Lipinski definition) is 1. The van der Waals surface area contributed by atoms with E-state index >= 15 is 0 Å². The fourth-order valence-corrected chi connectivity index (χ4v) is 6.37. The van der Waals surface area contributed by atoms with Gasteiger partial charge < -0.3 is 19.0 Å². The highest BCUT2D eigenvalue weighted by atomic mass is 32.2. The first-order chi connectivity index (χ1) is 20.5. The van der Waals surface area contributed by atoms with Crippen molar-refractivity contribution in [2.24, 2.45) is 0 Å². The normalized spacial score (nSPS) is 15.6. The highest BCUT2D eigenvalue weighted by Gasteiger charge is 2.32. The number of piperidine rings is 1. The molecule has 5 aromatic rings. The van der Waals surface area contributed by atoms with Crippen molar-refractivity contribution >= 4 is 44.0 Å². The molecule has 0 unspecified atom stereocenters. The molecule has 3 aromatic heterocycles. The number of pyridine rings is 1. The van der Waals surface area contributed by atoms with Crippen LogP contribution in [-0.2, 0) is 10.0 Å². The number of aromatic nitrogens is 1. The number of amides is 2. The van der Waals surface area contributed by atoms with Crippen molar-refractivity contribution in [3.63, 3.8) is 0 Å². The lowest BCUT2D eigenvalue weighted by Crippen LogP contribution is -2.39. The number of benzene rings is 2. The van der Waals surface area contributed by atoms with Gasteiger partial charge in [0.2, 0.25) is 10.0 Å². The highest BCUT2D eigenvalue weighted by Crippen LogP contribution is 2.42. The van der Waals surface area contributed by atoms with Gasteiger partial charge in [-0.15, -0.1) is 0 Å². The lowest BCUT2D eigenvalue weighted by atomic mass is 9.88. The Morgan fingerprint density at radius 1 is 1.09 bits per heavy atom. The molecule has 1 aliphatic rings. The van der Waals surface area contributed by atoms with Crippen molar-refractivity contribution in [3.8, 4) is 11.3 Å². The van der Waals surface area contributed by atoms with Gasteiger partial charge >= 0.3 is 0 Å². The Balaban J connectivity index is 1.46. The molecule has 1 N–H and O–H groups in total. The zero-order valence-corrected chi connectivity index (χ0v) is 24.8. The molecule has 1 saturated heterocycles. The number of halogens is 1. The number of fused-ring (bicyclic) bond motifs is 2. The summed E-state index contributed by atoms with van der Waals surface area (Å²) in [5.74, 6) is -0.874. The van der Waals surface area contributed by atoms with Crippen LogP contribution in [0.2, 0.25) is 0 Å². The Bertz CT molecular complexity index is 1950. The van der Waals surface area contributed by atoms with Gasteiger partial charge in [0.05, 0.1) is 23.1 Å². The number of nitrogens with zero attached hydrogens (tertiary/aromatic N) is 3. The summed E-state index contributed by atoms with van der Waals surface area (Å²) in [4.78, 5) is 28.6. The minimum atomic E-state index is -3.67. The third-order valence-electron chi connectivity index (χ3n) is 8.13. The summed E-state index contributed by atoms with van der Waals surface area (Å²) < 4.78 is 48.5. The van der Waals surface area contributed by atoms with Gasteiger partial charge in [0.15, 0.2) is 0 Å². The molecule has 1 atom stereocenters.